The summed E-state index contributed by atoms with van der Waals surface area (Å²) in [5.41, 5.74) is 4.66. The Morgan fingerprint density at radius 3 is 2.39 bits per heavy atom. The van der Waals surface area contributed by atoms with Crippen LogP contribution in [-0.4, -0.2) is 40.3 Å². The van der Waals surface area contributed by atoms with Crippen LogP contribution in [-0.2, 0) is 22.4 Å². The molecule has 0 bridgehead atoms. The number of nitrogens with zero attached hydrogens (tertiary/aromatic N) is 1. The Kier molecular flexibility index (Phi) is 7.05. The number of likely N-dealkylation sites (tertiary alicyclic amines) is 1. The van der Waals surface area contributed by atoms with Crippen molar-refractivity contribution in [3.8, 4) is 5.75 Å². The first-order valence-electron chi connectivity index (χ1n) is 12.9. The van der Waals surface area contributed by atoms with Crippen LogP contribution in [0.3, 0.4) is 0 Å². The van der Waals surface area contributed by atoms with Crippen LogP contribution >= 0.6 is 0 Å². The van der Waals surface area contributed by atoms with Crippen LogP contribution < -0.4 is 4.74 Å². The summed E-state index contributed by atoms with van der Waals surface area (Å²) in [6, 6.07) is 22.2. The normalized spacial score (nSPS) is 17.1. The van der Waals surface area contributed by atoms with E-state index in [0.29, 0.717) is 30.2 Å². The Morgan fingerprint density at radius 2 is 1.71 bits per heavy atom. The Balaban J connectivity index is 1.54. The van der Waals surface area contributed by atoms with E-state index in [2.05, 4.69) is 18.8 Å². The molecule has 3 aromatic carbocycles. The number of carbonyl (C=O) groups excluding carboxylic acids is 2. The second-order valence-corrected chi connectivity index (χ2v) is 10.2. The summed E-state index contributed by atoms with van der Waals surface area (Å²) in [4.78, 5) is 31.6. The first-order chi connectivity index (χ1) is 18.4. The molecule has 1 amide bonds. The molecule has 4 aromatic rings. The molecule has 1 aliphatic rings. The highest BCUT2D eigenvalue weighted by molar-refractivity contribution is 6.46. The number of hydrogen-bond acceptors (Lipinski definition) is 4. The van der Waals surface area contributed by atoms with Gasteiger partial charge in [0.1, 0.15) is 11.5 Å². The lowest BCUT2D eigenvalue weighted by atomic mass is 9.93. The molecule has 194 valence electrons. The second-order valence-electron chi connectivity index (χ2n) is 10.2. The number of methoxy groups -OCH3 is 1. The number of aliphatic hydroxyl groups is 1. The zero-order valence-corrected chi connectivity index (χ0v) is 21.9. The van der Waals surface area contributed by atoms with Gasteiger partial charge >= 0.3 is 0 Å². The maximum atomic E-state index is 13.4. The van der Waals surface area contributed by atoms with E-state index in [4.69, 9.17) is 4.74 Å². The molecular formula is C32H32N2O4. The van der Waals surface area contributed by atoms with Crippen molar-refractivity contribution in [1.82, 2.24) is 9.88 Å². The number of ketones is 1. The molecular weight excluding hydrogens is 476 g/mol. The van der Waals surface area contributed by atoms with Crippen LogP contribution in [0.25, 0.3) is 16.7 Å². The molecule has 5 rings (SSSR count). The third-order valence-corrected chi connectivity index (χ3v) is 7.14. The molecule has 0 aliphatic carbocycles. The van der Waals surface area contributed by atoms with Gasteiger partial charge < -0.3 is 19.7 Å². The topological polar surface area (TPSA) is 82.6 Å². The van der Waals surface area contributed by atoms with Crippen LogP contribution in [0.5, 0.6) is 5.75 Å². The van der Waals surface area contributed by atoms with Gasteiger partial charge in [-0.3, -0.25) is 9.59 Å². The first kappa shape index (κ1) is 25.3. The third-order valence-electron chi connectivity index (χ3n) is 7.14. The van der Waals surface area contributed by atoms with Crippen molar-refractivity contribution in [1.29, 1.82) is 0 Å². The standard InChI is InChI=1S/C32H32N2O4/c1-20(2)18-21-8-10-22(11-9-21)29-28(30(35)23-12-14-25(38-3)15-13-23)31(36)32(37)34(29)17-16-24-19-33-27-7-5-4-6-26(24)27/h4-15,19-20,29,33,35H,16-18H2,1-3H3. The summed E-state index contributed by atoms with van der Waals surface area (Å²) < 4.78 is 5.23. The van der Waals surface area contributed by atoms with Crippen molar-refractivity contribution >= 4 is 28.4 Å². The van der Waals surface area contributed by atoms with Crippen LogP contribution in [0.15, 0.2) is 84.6 Å². The van der Waals surface area contributed by atoms with Gasteiger partial charge in [0.05, 0.1) is 18.7 Å². The van der Waals surface area contributed by atoms with Gasteiger partial charge in [-0.25, -0.2) is 0 Å². The number of benzene rings is 3. The number of nitrogens with one attached hydrogen (secondary N) is 1. The SMILES string of the molecule is COc1ccc(C(O)=C2C(=O)C(=O)N(CCc3c[nH]c4ccccc34)C2c2ccc(CC(C)C)cc2)cc1. The average Bonchev–Trinajstić information content (AvgIpc) is 3.45. The third kappa shape index (κ3) is 4.82. The zero-order chi connectivity index (χ0) is 26.8. The monoisotopic (exact) mass is 508 g/mol. The largest absolute Gasteiger partial charge is 0.507 e. The fraction of sp³-hybridized carbons (Fsp3) is 0.250. The van der Waals surface area contributed by atoms with Gasteiger partial charge in [-0.2, -0.15) is 0 Å². The minimum atomic E-state index is -0.685. The molecule has 6 heteroatoms. The molecule has 2 heterocycles. The maximum absolute atomic E-state index is 13.4. The number of aromatic amines is 1. The number of amides is 1. The smallest absolute Gasteiger partial charge is 0.295 e. The Morgan fingerprint density at radius 1 is 1.00 bits per heavy atom. The van der Waals surface area contributed by atoms with Crippen molar-refractivity contribution in [2.24, 2.45) is 5.92 Å². The molecule has 0 radical (unpaired) electrons. The highest BCUT2D eigenvalue weighted by Crippen LogP contribution is 2.40. The van der Waals surface area contributed by atoms with Crippen LogP contribution in [0.1, 0.15) is 42.1 Å². The van der Waals surface area contributed by atoms with Crippen molar-refractivity contribution in [3.63, 3.8) is 0 Å². The minimum absolute atomic E-state index is 0.107. The first-order valence-corrected chi connectivity index (χ1v) is 12.9. The number of aromatic nitrogens is 1. The molecule has 6 nitrogen and oxygen atoms in total. The average molecular weight is 509 g/mol. The van der Waals surface area contributed by atoms with E-state index in [1.807, 2.05) is 54.7 Å². The number of hydrogen-bond donors (Lipinski definition) is 2. The van der Waals surface area contributed by atoms with Gasteiger partial charge in [-0.05, 0) is 65.8 Å². The molecule has 1 aromatic heterocycles. The number of Topliss-reactive ketones (excluding diaryl/α,β-unsaturated/α-hetero) is 1. The molecule has 1 atom stereocenters. The van der Waals surface area contributed by atoms with Crippen LogP contribution in [0.4, 0.5) is 0 Å². The van der Waals surface area contributed by atoms with Crippen LogP contribution in [0.2, 0.25) is 0 Å². The highest BCUT2D eigenvalue weighted by Gasteiger charge is 2.45. The second kappa shape index (κ2) is 10.6. The van der Waals surface area contributed by atoms with E-state index in [-0.39, 0.29) is 11.3 Å². The molecule has 1 fully saturated rings. The zero-order valence-electron chi connectivity index (χ0n) is 21.9. The summed E-state index contributed by atoms with van der Waals surface area (Å²) in [6.07, 6.45) is 3.46. The van der Waals surface area contributed by atoms with E-state index in [9.17, 15) is 14.7 Å². The lowest BCUT2D eigenvalue weighted by Crippen LogP contribution is -2.31. The lowest BCUT2D eigenvalue weighted by molar-refractivity contribution is -0.139. The number of rotatable bonds is 8. The van der Waals surface area contributed by atoms with E-state index < -0.39 is 17.7 Å². The number of H-pyrrole nitrogens is 1. The molecule has 38 heavy (non-hydrogen) atoms. The molecule has 2 N–H and O–H groups in total. The van der Waals surface area contributed by atoms with Crippen molar-refractivity contribution in [2.45, 2.75) is 32.7 Å². The van der Waals surface area contributed by atoms with Gasteiger partial charge in [-0.1, -0.05) is 56.3 Å². The number of carbonyl (C=O) groups is 2. The predicted octanol–water partition coefficient (Wildman–Crippen LogP) is 6.04. The van der Waals surface area contributed by atoms with Crippen molar-refractivity contribution in [2.75, 3.05) is 13.7 Å². The van der Waals surface area contributed by atoms with Gasteiger partial charge in [-0.15, -0.1) is 0 Å². The fourth-order valence-corrected chi connectivity index (χ4v) is 5.25. The molecule has 0 saturated carbocycles. The summed E-state index contributed by atoms with van der Waals surface area (Å²) in [5, 5.41) is 12.4. The van der Waals surface area contributed by atoms with Crippen molar-refractivity contribution < 1.29 is 19.4 Å². The number of fused-ring (bicyclic) bond motifs is 1. The maximum Gasteiger partial charge on any atom is 0.295 e. The van der Waals surface area contributed by atoms with E-state index in [1.165, 1.54) is 5.56 Å². The quantitative estimate of drug-likeness (QED) is 0.173. The van der Waals surface area contributed by atoms with Gasteiger partial charge in [0.2, 0.25) is 0 Å². The summed E-state index contributed by atoms with van der Waals surface area (Å²) in [5.74, 6) is -0.308. The Hall–Kier alpha value is -4.32. The van der Waals surface area contributed by atoms with Gasteiger partial charge in [0, 0.05) is 29.2 Å². The predicted molar refractivity (Wildman–Crippen MR) is 149 cm³/mol. The highest BCUT2D eigenvalue weighted by atomic mass is 16.5. The van der Waals surface area contributed by atoms with Crippen molar-refractivity contribution in [3.05, 3.63) is 107 Å². The number of ether oxygens (including phenoxy) is 1. The number of para-hydroxylation sites is 1. The summed E-state index contributed by atoms with van der Waals surface area (Å²) in [6.45, 7) is 4.68. The Labute approximate surface area is 222 Å². The molecule has 1 saturated heterocycles. The molecule has 1 aliphatic heterocycles. The van der Waals surface area contributed by atoms with Gasteiger partial charge in [0.15, 0.2) is 0 Å². The van der Waals surface area contributed by atoms with Gasteiger partial charge in [0.25, 0.3) is 11.7 Å². The fourth-order valence-electron chi connectivity index (χ4n) is 5.25. The Bertz CT molecular complexity index is 1500. The van der Waals surface area contributed by atoms with E-state index in [0.717, 1.165) is 28.5 Å². The molecule has 1 unspecified atom stereocenters. The molecule has 0 spiro atoms. The minimum Gasteiger partial charge on any atom is -0.507 e. The van der Waals surface area contributed by atoms with E-state index in [1.54, 1.807) is 36.3 Å². The van der Waals surface area contributed by atoms with Crippen LogP contribution in [0, 0.1) is 5.92 Å². The number of aliphatic hydroxyl groups excluding tert-OH is 1. The van der Waals surface area contributed by atoms with E-state index >= 15 is 0 Å². The lowest BCUT2D eigenvalue weighted by Gasteiger charge is -2.25. The summed E-state index contributed by atoms with van der Waals surface area (Å²) >= 11 is 0. The summed E-state index contributed by atoms with van der Waals surface area (Å²) in [7, 11) is 1.57.